The number of ether oxygens (including phenoxy) is 2. The lowest BCUT2D eigenvalue weighted by Gasteiger charge is -2.21. The number of methoxy groups -OCH3 is 1. The molecule has 2 aromatic carbocycles. The van der Waals surface area contributed by atoms with E-state index in [1.54, 1.807) is 0 Å². The van der Waals surface area contributed by atoms with Crippen LogP contribution in [0.4, 0.5) is 4.79 Å². The van der Waals surface area contributed by atoms with Gasteiger partial charge >= 0.3 is 6.09 Å². The molecule has 2 N–H and O–H groups in total. The lowest BCUT2D eigenvalue weighted by atomic mass is 9.98. The van der Waals surface area contributed by atoms with Gasteiger partial charge in [0.25, 0.3) is 0 Å². The van der Waals surface area contributed by atoms with Crippen LogP contribution in [0.25, 0.3) is 11.1 Å². The first-order valence-electron chi connectivity index (χ1n) is 9.95. The Morgan fingerprint density at radius 3 is 2.52 bits per heavy atom. The first-order chi connectivity index (χ1) is 14.0. The fourth-order valence-electron chi connectivity index (χ4n) is 3.37. The van der Waals surface area contributed by atoms with Crippen LogP contribution >= 0.6 is 0 Å². The van der Waals surface area contributed by atoms with E-state index in [4.69, 9.17) is 4.74 Å². The number of alkyl carbamates (subject to hydrolysis) is 1. The quantitative estimate of drug-likeness (QED) is 0.781. The number of carbonyl (C=O) groups is 2. The summed E-state index contributed by atoms with van der Waals surface area (Å²) in [5.41, 5.74) is 4.53. The molecule has 2 amide bonds. The van der Waals surface area contributed by atoms with Crippen LogP contribution in [0, 0.1) is 5.92 Å². The summed E-state index contributed by atoms with van der Waals surface area (Å²) in [4.78, 5) is 23.9. The molecule has 0 saturated carbocycles. The van der Waals surface area contributed by atoms with Crippen molar-refractivity contribution in [1.29, 1.82) is 0 Å². The van der Waals surface area contributed by atoms with Crippen LogP contribution in [0.5, 0.6) is 5.75 Å². The van der Waals surface area contributed by atoms with E-state index in [9.17, 15) is 9.59 Å². The standard InChI is InChI=1S/C23H28N2O4/c1-15(2)21(25-23(27)28-3)22(26)24-14-16-6-8-17(9-7-16)18-10-11-20-19(13-18)5-4-12-29-20/h6-11,13,15,21H,4-5,12,14H2,1-3H3,(H,24,26)(H,25,27). The van der Waals surface area contributed by atoms with Gasteiger partial charge in [0.05, 0.1) is 13.7 Å². The molecular weight excluding hydrogens is 368 g/mol. The normalized spacial score (nSPS) is 13.8. The number of rotatable bonds is 6. The Morgan fingerprint density at radius 1 is 1.10 bits per heavy atom. The smallest absolute Gasteiger partial charge is 0.407 e. The van der Waals surface area contributed by atoms with Crippen LogP contribution in [-0.2, 0) is 22.5 Å². The summed E-state index contributed by atoms with van der Waals surface area (Å²) < 4.78 is 10.3. The number of aryl methyl sites for hydroxylation is 1. The van der Waals surface area contributed by atoms with Gasteiger partial charge in [0.2, 0.25) is 5.91 Å². The first kappa shape index (κ1) is 20.7. The van der Waals surface area contributed by atoms with Crippen molar-refractivity contribution in [2.24, 2.45) is 5.92 Å². The summed E-state index contributed by atoms with van der Waals surface area (Å²) >= 11 is 0. The molecule has 1 unspecified atom stereocenters. The number of carbonyl (C=O) groups excluding carboxylic acids is 2. The van der Waals surface area contributed by atoms with Crippen LogP contribution < -0.4 is 15.4 Å². The zero-order chi connectivity index (χ0) is 20.8. The van der Waals surface area contributed by atoms with Crippen LogP contribution in [-0.4, -0.2) is 31.8 Å². The zero-order valence-corrected chi connectivity index (χ0v) is 17.2. The molecule has 1 aliphatic rings. The van der Waals surface area contributed by atoms with Gasteiger partial charge in [-0.2, -0.15) is 0 Å². The average Bonchev–Trinajstić information content (AvgIpc) is 2.75. The highest BCUT2D eigenvalue weighted by Gasteiger charge is 2.24. The highest BCUT2D eigenvalue weighted by atomic mass is 16.5. The molecule has 29 heavy (non-hydrogen) atoms. The van der Waals surface area contributed by atoms with Gasteiger partial charge in [-0.3, -0.25) is 4.79 Å². The summed E-state index contributed by atoms with van der Waals surface area (Å²) in [6.45, 7) is 4.93. The molecule has 1 aliphatic heterocycles. The third kappa shape index (κ3) is 5.28. The van der Waals surface area contributed by atoms with Gasteiger partial charge in [0, 0.05) is 6.54 Å². The highest BCUT2D eigenvalue weighted by Crippen LogP contribution is 2.30. The van der Waals surface area contributed by atoms with E-state index in [1.165, 1.54) is 12.7 Å². The maximum Gasteiger partial charge on any atom is 0.407 e. The van der Waals surface area contributed by atoms with Crippen molar-refractivity contribution in [3.05, 3.63) is 53.6 Å². The first-order valence-corrected chi connectivity index (χ1v) is 9.95. The van der Waals surface area contributed by atoms with E-state index < -0.39 is 12.1 Å². The number of nitrogens with one attached hydrogen (secondary N) is 2. The average molecular weight is 396 g/mol. The minimum Gasteiger partial charge on any atom is -0.493 e. The van der Waals surface area contributed by atoms with Crippen molar-refractivity contribution in [3.63, 3.8) is 0 Å². The summed E-state index contributed by atoms with van der Waals surface area (Å²) in [7, 11) is 1.28. The number of hydrogen-bond acceptors (Lipinski definition) is 4. The molecule has 0 spiro atoms. The van der Waals surface area contributed by atoms with Crippen LogP contribution in [0.2, 0.25) is 0 Å². The molecule has 0 fully saturated rings. The Kier molecular flexibility index (Phi) is 6.75. The van der Waals surface area contributed by atoms with Crippen LogP contribution in [0.3, 0.4) is 0 Å². The van der Waals surface area contributed by atoms with Crippen molar-refractivity contribution >= 4 is 12.0 Å². The monoisotopic (exact) mass is 396 g/mol. The maximum atomic E-state index is 12.4. The van der Waals surface area contributed by atoms with Crippen molar-refractivity contribution in [1.82, 2.24) is 10.6 Å². The molecule has 0 aliphatic carbocycles. The van der Waals surface area contributed by atoms with Gasteiger partial charge in [-0.25, -0.2) is 4.79 Å². The topological polar surface area (TPSA) is 76.7 Å². The zero-order valence-electron chi connectivity index (χ0n) is 17.2. The molecule has 0 saturated heterocycles. The summed E-state index contributed by atoms with van der Waals surface area (Å²) in [5.74, 6) is 0.702. The highest BCUT2D eigenvalue weighted by molar-refractivity contribution is 5.85. The van der Waals surface area contributed by atoms with E-state index in [2.05, 4.69) is 39.6 Å². The van der Waals surface area contributed by atoms with E-state index in [1.807, 2.05) is 32.0 Å². The van der Waals surface area contributed by atoms with Gasteiger partial charge < -0.3 is 20.1 Å². The number of amides is 2. The van der Waals surface area contributed by atoms with Gasteiger partial charge in [-0.05, 0) is 53.1 Å². The minimum atomic E-state index is -0.639. The Balaban J connectivity index is 1.62. The Labute approximate surface area is 171 Å². The lowest BCUT2D eigenvalue weighted by Crippen LogP contribution is -2.49. The summed E-state index contributed by atoms with van der Waals surface area (Å²) in [6, 6.07) is 13.8. The van der Waals surface area contributed by atoms with Crippen LogP contribution in [0.15, 0.2) is 42.5 Å². The second-order valence-corrected chi connectivity index (χ2v) is 7.55. The summed E-state index contributed by atoms with van der Waals surface area (Å²) in [5, 5.41) is 5.46. The number of fused-ring (bicyclic) bond motifs is 1. The van der Waals surface area contributed by atoms with Gasteiger partial charge in [-0.15, -0.1) is 0 Å². The van der Waals surface area contributed by atoms with Crippen molar-refractivity contribution < 1.29 is 19.1 Å². The van der Waals surface area contributed by atoms with E-state index in [-0.39, 0.29) is 11.8 Å². The molecule has 154 valence electrons. The molecule has 2 aromatic rings. The molecule has 3 rings (SSSR count). The third-order valence-corrected chi connectivity index (χ3v) is 5.07. The minimum absolute atomic E-state index is 0.0514. The van der Waals surface area contributed by atoms with Crippen molar-refractivity contribution in [3.8, 4) is 16.9 Å². The summed E-state index contributed by atoms with van der Waals surface area (Å²) in [6.07, 6.45) is 1.49. The largest absolute Gasteiger partial charge is 0.493 e. The second-order valence-electron chi connectivity index (χ2n) is 7.55. The Bertz CT molecular complexity index is 862. The SMILES string of the molecule is COC(=O)NC(C(=O)NCc1ccc(-c2ccc3c(c2)CCCO3)cc1)C(C)C. The van der Waals surface area contributed by atoms with E-state index >= 15 is 0 Å². The molecule has 0 aromatic heterocycles. The van der Waals surface area contributed by atoms with Crippen molar-refractivity contribution in [2.75, 3.05) is 13.7 Å². The third-order valence-electron chi connectivity index (χ3n) is 5.07. The Hall–Kier alpha value is -3.02. The van der Waals surface area contributed by atoms with Crippen molar-refractivity contribution in [2.45, 2.75) is 39.3 Å². The molecule has 6 nitrogen and oxygen atoms in total. The second kappa shape index (κ2) is 9.45. The van der Waals surface area contributed by atoms with Crippen LogP contribution in [0.1, 0.15) is 31.4 Å². The van der Waals surface area contributed by atoms with Gasteiger partial charge in [0.1, 0.15) is 11.8 Å². The molecule has 1 heterocycles. The van der Waals surface area contributed by atoms with Gasteiger partial charge in [-0.1, -0.05) is 44.2 Å². The predicted molar refractivity (Wildman–Crippen MR) is 112 cm³/mol. The van der Waals surface area contributed by atoms with Gasteiger partial charge in [0.15, 0.2) is 0 Å². The predicted octanol–water partition coefficient (Wildman–Crippen LogP) is 3.68. The Morgan fingerprint density at radius 2 is 1.83 bits per heavy atom. The molecule has 1 atom stereocenters. The number of hydrogen-bond donors (Lipinski definition) is 2. The lowest BCUT2D eigenvalue weighted by molar-refractivity contribution is -0.124. The molecule has 0 radical (unpaired) electrons. The number of benzene rings is 2. The maximum absolute atomic E-state index is 12.4. The van der Waals surface area contributed by atoms with E-state index in [0.717, 1.165) is 41.9 Å². The van der Waals surface area contributed by atoms with E-state index in [0.29, 0.717) is 6.54 Å². The fraction of sp³-hybridized carbons (Fsp3) is 0.391. The fourth-order valence-corrected chi connectivity index (χ4v) is 3.37. The molecule has 0 bridgehead atoms. The molecular formula is C23H28N2O4. The molecule has 6 heteroatoms.